The SMILES string of the molecule is CCc1nnc(N(CC)CC(=O)O)nc1CC. The highest BCUT2D eigenvalue weighted by Crippen LogP contribution is 2.10. The Morgan fingerprint density at radius 1 is 1.18 bits per heavy atom. The van der Waals surface area contributed by atoms with Gasteiger partial charge in [0.25, 0.3) is 0 Å². The van der Waals surface area contributed by atoms with Crippen molar-refractivity contribution in [2.45, 2.75) is 33.6 Å². The second kappa shape index (κ2) is 6.12. The molecule has 0 spiro atoms. The molecule has 0 bridgehead atoms. The summed E-state index contributed by atoms with van der Waals surface area (Å²) in [6.45, 7) is 6.31. The first-order chi connectivity index (χ1) is 8.12. The summed E-state index contributed by atoms with van der Waals surface area (Å²) in [5.41, 5.74) is 1.77. The highest BCUT2D eigenvalue weighted by Gasteiger charge is 2.14. The third-order valence-electron chi connectivity index (χ3n) is 2.49. The minimum Gasteiger partial charge on any atom is -0.480 e. The van der Waals surface area contributed by atoms with Crippen LogP contribution in [0.3, 0.4) is 0 Å². The molecule has 0 aliphatic carbocycles. The second-order valence-electron chi connectivity index (χ2n) is 3.62. The molecule has 0 saturated heterocycles. The zero-order valence-corrected chi connectivity index (χ0v) is 10.5. The fourth-order valence-corrected chi connectivity index (χ4v) is 1.55. The van der Waals surface area contributed by atoms with Gasteiger partial charge in [0.15, 0.2) is 0 Å². The van der Waals surface area contributed by atoms with E-state index in [9.17, 15) is 4.79 Å². The molecule has 1 heterocycles. The van der Waals surface area contributed by atoms with E-state index in [1.807, 2.05) is 20.8 Å². The van der Waals surface area contributed by atoms with E-state index in [1.54, 1.807) is 4.90 Å². The van der Waals surface area contributed by atoms with Crippen LogP contribution in [-0.2, 0) is 17.6 Å². The highest BCUT2D eigenvalue weighted by atomic mass is 16.4. The molecule has 0 amide bonds. The van der Waals surface area contributed by atoms with Crippen LogP contribution in [-0.4, -0.2) is 39.3 Å². The fraction of sp³-hybridized carbons (Fsp3) is 0.636. The van der Waals surface area contributed by atoms with Crippen LogP contribution in [0.15, 0.2) is 0 Å². The number of aliphatic carboxylic acids is 1. The molecule has 17 heavy (non-hydrogen) atoms. The van der Waals surface area contributed by atoms with Crippen LogP contribution in [0.4, 0.5) is 5.95 Å². The molecule has 0 fully saturated rings. The topological polar surface area (TPSA) is 79.2 Å². The van der Waals surface area contributed by atoms with Gasteiger partial charge in [-0.25, -0.2) is 4.98 Å². The predicted molar refractivity (Wildman–Crippen MR) is 64.1 cm³/mol. The minimum atomic E-state index is -0.895. The lowest BCUT2D eigenvalue weighted by Gasteiger charge is -2.18. The van der Waals surface area contributed by atoms with E-state index in [0.717, 1.165) is 24.2 Å². The van der Waals surface area contributed by atoms with Gasteiger partial charge in [0, 0.05) is 6.54 Å². The summed E-state index contributed by atoms with van der Waals surface area (Å²) < 4.78 is 0. The van der Waals surface area contributed by atoms with E-state index in [0.29, 0.717) is 12.5 Å². The molecule has 0 aliphatic rings. The zero-order valence-electron chi connectivity index (χ0n) is 10.5. The number of rotatable bonds is 6. The molecule has 1 rings (SSSR count). The smallest absolute Gasteiger partial charge is 0.323 e. The van der Waals surface area contributed by atoms with Crippen LogP contribution in [0.25, 0.3) is 0 Å². The van der Waals surface area contributed by atoms with Crippen molar-refractivity contribution in [3.63, 3.8) is 0 Å². The molecule has 1 aromatic heterocycles. The number of likely N-dealkylation sites (N-methyl/N-ethyl adjacent to an activating group) is 1. The van der Waals surface area contributed by atoms with Crippen molar-refractivity contribution in [3.8, 4) is 0 Å². The summed E-state index contributed by atoms with van der Waals surface area (Å²) in [6, 6.07) is 0. The number of aryl methyl sites for hydroxylation is 2. The van der Waals surface area contributed by atoms with Crippen molar-refractivity contribution in [3.05, 3.63) is 11.4 Å². The van der Waals surface area contributed by atoms with E-state index in [-0.39, 0.29) is 6.54 Å². The van der Waals surface area contributed by atoms with Crippen molar-refractivity contribution < 1.29 is 9.90 Å². The lowest BCUT2D eigenvalue weighted by Crippen LogP contribution is -2.31. The lowest BCUT2D eigenvalue weighted by molar-refractivity contribution is -0.135. The van der Waals surface area contributed by atoms with Gasteiger partial charge in [0.05, 0.1) is 11.4 Å². The average molecular weight is 238 g/mol. The molecule has 1 N–H and O–H groups in total. The van der Waals surface area contributed by atoms with Gasteiger partial charge in [0.2, 0.25) is 5.95 Å². The lowest BCUT2D eigenvalue weighted by atomic mass is 10.2. The fourth-order valence-electron chi connectivity index (χ4n) is 1.55. The zero-order chi connectivity index (χ0) is 12.8. The first kappa shape index (κ1) is 13.3. The Kier molecular flexibility index (Phi) is 4.81. The van der Waals surface area contributed by atoms with Crippen LogP contribution in [0.1, 0.15) is 32.2 Å². The summed E-state index contributed by atoms with van der Waals surface area (Å²) in [5.74, 6) is -0.503. The Morgan fingerprint density at radius 2 is 1.82 bits per heavy atom. The van der Waals surface area contributed by atoms with Gasteiger partial charge in [-0.1, -0.05) is 13.8 Å². The number of carbonyl (C=O) groups is 1. The molecule has 0 unspecified atom stereocenters. The molecule has 1 aromatic rings. The van der Waals surface area contributed by atoms with Crippen LogP contribution in [0.5, 0.6) is 0 Å². The van der Waals surface area contributed by atoms with Crippen molar-refractivity contribution >= 4 is 11.9 Å². The Balaban J connectivity index is 3.00. The highest BCUT2D eigenvalue weighted by molar-refractivity contribution is 5.72. The van der Waals surface area contributed by atoms with E-state index in [4.69, 9.17) is 5.11 Å². The average Bonchev–Trinajstić information content (AvgIpc) is 2.34. The van der Waals surface area contributed by atoms with Gasteiger partial charge >= 0.3 is 5.97 Å². The number of hydrogen-bond acceptors (Lipinski definition) is 5. The number of hydrogen-bond donors (Lipinski definition) is 1. The first-order valence-electron chi connectivity index (χ1n) is 5.81. The minimum absolute atomic E-state index is 0.104. The van der Waals surface area contributed by atoms with Crippen LogP contribution in [0.2, 0.25) is 0 Å². The van der Waals surface area contributed by atoms with Crippen LogP contribution < -0.4 is 4.90 Å². The van der Waals surface area contributed by atoms with Crippen molar-refractivity contribution in [2.24, 2.45) is 0 Å². The summed E-state index contributed by atoms with van der Waals surface area (Å²) in [7, 11) is 0. The van der Waals surface area contributed by atoms with Crippen LogP contribution in [0, 0.1) is 0 Å². The number of anilines is 1. The number of carboxylic acid groups (broad SMARTS) is 1. The van der Waals surface area contributed by atoms with Gasteiger partial charge < -0.3 is 10.0 Å². The number of aromatic nitrogens is 3. The molecule has 94 valence electrons. The molecule has 0 radical (unpaired) electrons. The molecule has 6 nitrogen and oxygen atoms in total. The van der Waals surface area contributed by atoms with E-state index in [1.165, 1.54) is 0 Å². The van der Waals surface area contributed by atoms with Gasteiger partial charge in [-0.05, 0) is 19.8 Å². The third kappa shape index (κ3) is 3.37. The third-order valence-corrected chi connectivity index (χ3v) is 2.49. The first-order valence-corrected chi connectivity index (χ1v) is 5.81. The molecule has 6 heteroatoms. The Labute approximate surface area is 101 Å². The van der Waals surface area contributed by atoms with E-state index in [2.05, 4.69) is 15.2 Å². The monoisotopic (exact) mass is 238 g/mol. The van der Waals surface area contributed by atoms with Gasteiger partial charge in [0.1, 0.15) is 6.54 Å². The van der Waals surface area contributed by atoms with Crippen molar-refractivity contribution in [1.29, 1.82) is 0 Å². The summed E-state index contributed by atoms with van der Waals surface area (Å²) in [5, 5.41) is 16.9. The van der Waals surface area contributed by atoms with Crippen molar-refractivity contribution in [2.75, 3.05) is 18.0 Å². The number of nitrogens with zero attached hydrogens (tertiary/aromatic N) is 4. The summed E-state index contributed by atoms with van der Waals surface area (Å²) >= 11 is 0. The quantitative estimate of drug-likeness (QED) is 0.793. The second-order valence-corrected chi connectivity index (χ2v) is 3.62. The maximum absolute atomic E-state index is 10.7. The Morgan fingerprint density at radius 3 is 2.29 bits per heavy atom. The standard InChI is InChI=1S/C11H18N4O2/c1-4-8-9(5-2)13-14-11(12-8)15(6-3)7-10(16)17/h4-7H2,1-3H3,(H,16,17). The van der Waals surface area contributed by atoms with Gasteiger partial charge in [-0.3, -0.25) is 4.79 Å². The van der Waals surface area contributed by atoms with Gasteiger partial charge in [-0.15, -0.1) is 5.10 Å². The summed E-state index contributed by atoms with van der Waals surface area (Å²) in [4.78, 5) is 16.7. The Bertz CT molecular complexity index is 395. The largest absolute Gasteiger partial charge is 0.480 e. The van der Waals surface area contributed by atoms with E-state index >= 15 is 0 Å². The van der Waals surface area contributed by atoms with Gasteiger partial charge in [-0.2, -0.15) is 5.10 Å². The molecule has 0 aromatic carbocycles. The van der Waals surface area contributed by atoms with Crippen LogP contribution >= 0.6 is 0 Å². The molecule has 0 saturated carbocycles. The molecular weight excluding hydrogens is 220 g/mol. The predicted octanol–water partition coefficient (Wildman–Crippen LogP) is 0.907. The maximum Gasteiger partial charge on any atom is 0.323 e. The normalized spacial score (nSPS) is 10.3. The molecular formula is C11H18N4O2. The Hall–Kier alpha value is -1.72. The number of carboxylic acids is 1. The van der Waals surface area contributed by atoms with Crippen molar-refractivity contribution in [1.82, 2.24) is 15.2 Å². The summed E-state index contributed by atoms with van der Waals surface area (Å²) in [6.07, 6.45) is 1.56. The molecule has 0 atom stereocenters. The molecule has 0 aliphatic heterocycles. The maximum atomic E-state index is 10.7. The van der Waals surface area contributed by atoms with E-state index < -0.39 is 5.97 Å².